The molecular formula is C18H24N4O2. The molecule has 1 amide bonds. The predicted molar refractivity (Wildman–Crippen MR) is 90.6 cm³/mol. The highest BCUT2D eigenvalue weighted by atomic mass is 16.5. The lowest BCUT2D eigenvalue weighted by Crippen LogP contribution is -2.35. The number of aromatic nitrogens is 1. The van der Waals surface area contributed by atoms with Crippen LogP contribution in [-0.2, 0) is 9.53 Å². The Bertz CT molecular complexity index is 607. The molecule has 1 atom stereocenters. The van der Waals surface area contributed by atoms with E-state index in [1.807, 2.05) is 4.90 Å². The zero-order valence-corrected chi connectivity index (χ0v) is 14.0. The molecule has 2 aliphatic heterocycles. The molecule has 1 aromatic heterocycles. The molecule has 0 aromatic carbocycles. The van der Waals surface area contributed by atoms with Crippen molar-refractivity contribution in [1.82, 2.24) is 9.88 Å². The zero-order chi connectivity index (χ0) is 16.8. The van der Waals surface area contributed by atoms with Gasteiger partial charge in [0.25, 0.3) is 0 Å². The van der Waals surface area contributed by atoms with E-state index in [-0.39, 0.29) is 12.0 Å². The Morgan fingerprint density at radius 1 is 1.33 bits per heavy atom. The lowest BCUT2D eigenvalue weighted by Gasteiger charge is -2.23. The number of hydrogen-bond donors (Lipinski definition) is 0. The Labute approximate surface area is 143 Å². The van der Waals surface area contributed by atoms with E-state index in [0.29, 0.717) is 18.5 Å². The summed E-state index contributed by atoms with van der Waals surface area (Å²) in [5.74, 6) is 0.947. The van der Waals surface area contributed by atoms with Crippen LogP contribution in [0.25, 0.3) is 0 Å². The molecule has 1 aromatic rings. The van der Waals surface area contributed by atoms with Gasteiger partial charge in [-0.1, -0.05) is 0 Å². The fourth-order valence-corrected chi connectivity index (χ4v) is 3.43. The number of ether oxygens (including phenoxy) is 1. The number of hydrogen-bond acceptors (Lipinski definition) is 5. The van der Waals surface area contributed by atoms with E-state index in [0.717, 1.165) is 57.7 Å². The first-order valence-corrected chi connectivity index (χ1v) is 8.77. The maximum Gasteiger partial charge on any atom is 0.222 e. The van der Waals surface area contributed by atoms with Gasteiger partial charge in [0.15, 0.2) is 0 Å². The van der Waals surface area contributed by atoms with Crippen LogP contribution in [0.5, 0.6) is 0 Å². The summed E-state index contributed by atoms with van der Waals surface area (Å²) in [4.78, 5) is 20.9. The second-order valence-electron chi connectivity index (χ2n) is 6.38. The number of pyridine rings is 1. The van der Waals surface area contributed by atoms with Crippen molar-refractivity contribution in [1.29, 1.82) is 5.26 Å². The monoisotopic (exact) mass is 328 g/mol. The molecule has 2 fully saturated rings. The Morgan fingerprint density at radius 2 is 2.25 bits per heavy atom. The first-order valence-electron chi connectivity index (χ1n) is 8.77. The first-order chi connectivity index (χ1) is 11.8. The molecule has 0 spiro atoms. The lowest BCUT2D eigenvalue weighted by molar-refractivity contribution is -0.131. The van der Waals surface area contributed by atoms with E-state index in [1.54, 1.807) is 18.3 Å². The highest BCUT2D eigenvalue weighted by Crippen LogP contribution is 2.20. The summed E-state index contributed by atoms with van der Waals surface area (Å²) in [5, 5.41) is 9.24. The van der Waals surface area contributed by atoms with E-state index in [1.165, 1.54) is 0 Å². The highest BCUT2D eigenvalue weighted by molar-refractivity contribution is 5.76. The second kappa shape index (κ2) is 8.11. The molecule has 0 bridgehead atoms. The highest BCUT2D eigenvalue weighted by Gasteiger charge is 2.23. The van der Waals surface area contributed by atoms with Gasteiger partial charge in [0.05, 0.1) is 11.7 Å². The average Bonchev–Trinajstić information content (AvgIpc) is 3.02. The van der Waals surface area contributed by atoms with Crippen molar-refractivity contribution >= 4 is 11.7 Å². The molecule has 3 heterocycles. The standard InChI is InChI=1S/C18H24N4O2/c19-14-15-4-1-8-20-18(15)22-10-3-9-21(11-12-22)17(23)7-6-16-5-2-13-24-16/h1,4,8,16H,2-3,5-7,9-13H2/t16-/m0/s1. The molecule has 2 saturated heterocycles. The van der Waals surface area contributed by atoms with Crippen LogP contribution < -0.4 is 4.90 Å². The number of nitrogens with zero attached hydrogens (tertiary/aromatic N) is 4. The Hall–Kier alpha value is -2.13. The van der Waals surface area contributed by atoms with Crippen molar-refractivity contribution < 1.29 is 9.53 Å². The molecule has 0 radical (unpaired) electrons. The number of anilines is 1. The molecule has 0 N–H and O–H groups in total. The molecular weight excluding hydrogens is 304 g/mol. The molecule has 24 heavy (non-hydrogen) atoms. The molecule has 6 heteroatoms. The molecule has 2 aliphatic rings. The summed E-state index contributed by atoms with van der Waals surface area (Å²) in [6.45, 7) is 3.84. The van der Waals surface area contributed by atoms with Crippen LogP contribution in [-0.4, -0.2) is 54.7 Å². The second-order valence-corrected chi connectivity index (χ2v) is 6.38. The Kier molecular flexibility index (Phi) is 5.65. The topological polar surface area (TPSA) is 69.5 Å². The van der Waals surface area contributed by atoms with Gasteiger partial charge < -0.3 is 14.5 Å². The van der Waals surface area contributed by atoms with E-state index in [2.05, 4.69) is 16.0 Å². The van der Waals surface area contributed by atoms with Crippen LogP contribution in [0.2, 0.25) is 0 Å². The predicted octanol–water partition coefficient (Wildman–Crippen LogP) is 1.95. The normalized spacial score (nSPS) is 21.4. The summed E-state index contributed by atoms with van der Waals surface area (Å²) in [6.07, 6.45) is 6.47. The Balaban J connectivity index is 1.54. The maximum atomic E-state index is 12.5. The third-order valence-electron chi connectivity index (χ3n) is 4.76. The smallest absolute Gasteiger partial charge is 0.222 e. The lowest BCUT2D eigenvalue weighted by atomic mass is 10.1. The van der Waals surface area contributed by atoms with Crippen molar-refractivity contribution in [3.8, 4) is 6.07 Å². The van der Waals surface area contributed by atoms with Gasteiger partial charge >= 0.3 is 0 Å². The quantitative estimate of drug-likeness (QED) is 0.845. The third-order valence-corrected chi connectivity index (χ3v) is 4.76. The van der Waals surface area contributed by atoms with Gasteiger partial charge in [-0.2, -0.15) is 5.26 Å². The van der Waals surface area contributed by atoms with Gasteiger partial charge in [-0.25, -0.2) is 4.98 Å². The van der Waals surface area contributed by atoms with Crippen molar-refractivity contribution in [3.63, 3.8) is 0 Å². The molecule has 0 aliphatic carbocycles. The Morgan fingerprint density at radius 3 is 3.04 bits per heavy atom. The summed E-state index contributed by atoms with van der Waals surface area (Å²) in [5.41, 5.74) is 0.593. The van der Waals surface area contributed by atoms with Gasteiger partial charge in [0.2, 0.25) is 5.91 Å². The van der Waals surface area contributed by atoms with Crippen molar-refractivity contribution in [2.45, 2.75) is 38.2 Å². The van der Waals surface area contributed by atoms with E-state index >= 15 is 0 Å². The fraction of sp³-hybridized carbons (Fsp3) is 0.611. The van der Waals surface area contributed by atoms with E-state index in [9.17, 15) is 10.1 Å². The van der Waals surface area contributed by atoms with Crippen LogP contribution >= 0.6 is 0 Å². The minimum absolute atomic E-state index is 0.217. The summed E-state index contributed by atoms with van der Waals surface area (Å²) in [7, 11) is 0. The van der Waals surface area contributed by atoms with Crippen molar-refractivity contribution in [3.05, 3.63) is 23.9 Å². The van der Waals surface area contributed by atoms with Crippen molar-refractivity contribution in [2.75, 3.05) is 37.7 Å². The van der Waals surface area contributed by atoms with Gasteiger partial charge in [0.1, 0.15) is 11.9 Å². The van der Waals surface area contributed by atoms with Gasteiger partial charge in [-0.3, -0.25) is 4.79 Å². The number of rotatable bonds is 4. The minimum atomic E-state index is 0.217. The number of carbonyl (C=O) groups excluding carboxylic acids is 1. The van der Waals surface area contributed by atoms with E-state index in [4.69, 9.17) is 4.74 Å². The zero-order valence-electron chi connectivity index (χ0n) is 14.0. The molecule has 6 nitrogen and oxygen atoms in total. The van der Waals surface area contributed by atoms with Crippen LogP contribution in [0.1, 0.15) is 37.7 Å². The van der Waals surface area contributed by atoms with Crippen LogP contribution in [0.4, 0.5) is 5.82 Å². The van der Waals surface area contributed by atoms with Crippen LogP contribution in [0.3, 0.4) is 0 Å². The molecule has 3 rings (SSSR count). The van der Waals surface area contributed by atoms with Crippen molar-refractivity contribution in [2.24, 2.45) is 0 Å². The van der Waals surface area contributed by atoms with Crippen LogP contribution in [0, 0.1) is 11.3 Å². The molecule has 0 unspecified atom stereocenters. The minimum Gasteiger partial charge on any atom is -0.378 e. The SMILES string of the molecule is N#Cc1cccnc1N1CCCN(C(=O)CC[C@@H]2CCCO2)CC1. The summed E-state index contributed by atoms with van der Waals surface area (Å²) >= 11 is 0. The third kappa shape index (κ3) is 4.04. The largest absolute Gasteiger partial charge is 0.378 e. The average molecular weight is 328 g/mol. The fourth-order valence-electron chi connectivity index (χ4n) is 3.43. The van der Waals surface area contributed by atoms with Gasteiger partial charge in [-0.15, -0.1) is 0 Å². The molecule has 128 valence electrons. The number of nitriles is 1. The van der Waals surface area contributed by atoms with Gasteiger partial charge in [-0.05, 0) is 37.8 Å². The number of carbonyl (C=O) groups is 1. The summed E-state index contributed by atoms with van der Waals surface area (Å²) in [6, 6.07) is 5.77. The number of amides is 1. The van der Waals surface area contributed by atoms with Crippen LogP contribution in [0.15, 0.2) is 18.3 Å². The maximum absolute atomic E-state index is 12.5. The first kappa shape index (κ1) is 16.7. The molecule has 0 saturated carbocycles. The van der Waals surface area contributed by atoms with E-state index < -0.39 is 0 Å². The summed E-state index contributed by atoms with van der Waals surface area (Å²) < 4.78 is 5.60. The van der Waals surface area contributed by atoms with Gasteiger partial charge in [0, 0.05) is 45.4 Å².